The van der Waals surface area contributed by atoms with Gasteiger partial charge in [0.25, 0.3) is 5.69 Å². The number of nitrogens with one attached hydrogen (secondary N) is 1. The van der Waals surface area contributed by atoms with Crippen molar-refractivity contribution in [3.05, 3.63) is 63.6 Å². The summed E-state index contributed by atoms with van der Waals surface area (Å²) < 4.78 is 5.30. The molecule has 6 heteroatoms. The molecular formula is C15H14N2O4. The SMILES string of the molecule is Cc1ccc(C=CC(=O)Nc2cc([N+](=O)[O-])ccc2C)o1. The minimum Gasteiger partial charge on any atom is -0.462 e. The number of furan rings is 1. The fourth-order valence-electron chi connectivity index (χ4n) is 1.73. The molecule has 1 heterocycles. The molecule has 1 aromatic heterocycles. The van der Waals surface area contributed by atoms with Gasteiger partial charge in [-0.1, -0.05) is 6.07 Å². The summed E-state index contributed by atoms with van der Waals surface area (Å²) in [5.74, 6) is 0.940. The molecule has 1 N–H and O–H groups in total. The summed E-state index contributed by atoms with van der Waals surface area (Å²) in [5.41, 5.74) is 1.09. The van der Waals surface area contributed by atoms with Gasteiger partial charge in [-0.3, -0.25) is 14.9 Å². The van der Waals surface area contributed by atoms with Crippen LogP contribution in [0.25, 0.3) is 6.08 Å². The molecule has 6 nitrogen and oxygen atoms in total. The minimum absolute atomic E-state index is 0.0680. The van der Waals surface area contributed by atoms with Crippen molar-refractivity contribution in [1.82, 2.24) is 0 Å². The second-order valence-corrected chi connectivity index (χ2v) is 4.53. The molecule has 0 spiro atoms. The van der Waals surface area contributed by atoms with E-state index in [0.717, 1.165) is 11.3 Å². The molecule has 1 aromatic carbocycles. The Kier molecular flexibility index (Phi) is 4.18. The van der Waals surface area contributed by atoms with Crippen LogP contribution in [-0.4, -0.2) is 10.8 Å². The average Bonchev–Trinajstić information content (AvgIpc) is 2.84. The first-order valence-electron chi connectivity index (χ1n) is 6.26. The number of rotatable bonds is 4. The molecule has 2 rings (SSSR count). The van der Waals surface area contributed by atoms with E-state index >= 15 is 0 Å². The Morgan fingerprint density at radius 1 is 1.29 bits per heavy atom. The zero-order valence-corrected chi connectivity index (χ0v) is 11.6. The van der Waals surface area contributed by atoms with Crippen LogP contribution in [0, 0.1) is 24.0 Å². The Bertz CT molecular complexity index is 716. The Morgan fingerprint density at radius 2 is 2.05 bits per heavy atom. The van der Waals surface area contributed by atoms with Crippen LogP contribution in [0.3, 0.4) is 0 Å². The van der Waals surface area contributed by atoms with Crippen molar-refractivity contribution >= 4 is 23.4 Å². The number of nitro groups is 1. The lowest BCUT2D eigenvalue weighted by atomic mass is 10.2. The number of hydrogen-bond donors (Lipinski definition) is 1. The highest BCUT2D eigenvalue weighted by atomic mass is 16.6. The van der Waals surface area contributed by atoms with Crippen LogP contribution in [-0.2, 0) is 4.79 Å². The molecule has 0 aliphatic rings. The van der Waals surface area contributed by atoms with E-state index in [1.54, 1.807) is 25.1 Å². The third-order valence-corrected chi connectivity index (χ3v) is 2.85. The van der Waals surface area contributed by atoms with Crippen molar-refractivity contribution in [3.63, 3.8) is 0 Å². The van der Waals surface area contributed by atoms with Crippen molar-refractivity contribution in [2.75, 3.05) is 5.32 Å². The number of amides is 1. The van der Waals surface area contributed by atoms with Crippen LogP contribution in [0.2, 0.25) is 0 Å². The number of benzene rings is 1. The molecule has 0 atom stereocenters. The Morgan fingerprint density at radius 3 is 2.67 bits per heavy atom. The number of aryl methyl sites for hydroxylation is 2. The van der Waals surface area contributed by atoms with Gasteiger partial charge in [-0.05, 0) is 37.6 Å². The first-order chi connectivity index (χ1) is 9.95. The average molecular weight is 286 g/mol. The fraction of sp³-hybridized carbons (Fsp3) is 0.133. The van der Waals surface area contributed by atoms with Gasteiger partial charge in [0.2, 0.25) is 5.91 Å². The molecule has 0 aliphatic carbocycles. The summed E-state index contributed by atoms with van der Waals surface area (Å²) >= 11 is 0. The molecule has 0 saturated heterocycles. The monoisotopic (exact) mass is 286 g/mol. The lowest BCUT2D eigenvalue weighted by molar-refractivity contribution is -0.384. The number of carbonyl (C=O) groups excluding carboxylic acids is 1. The van der Waals surface area contributed by atoms with Crippen LogP contribution < -0.4 is 5.32 Å². The lowest BCUT2D eigenvalue weighted by Gasteiger charge is -2.05. The van der Waals surface area contributed by atoms with Gasteiger partial charge in [-0.25, -0.2) is 0 Å². The van der Waals surface area contributed by atoms with E-state index in [9.17, 15) is 14.9 Å². The number of carbonyl (C=O) groups is 1. The summed E-state index contributed by atoms with van der Waals surface area (Å²) in [6, 6.07) is 7.86. The van der Waals surface area contributed by atoms with Crippen molar-refractivity contribution in [3.8, 4) is 0 Å². The zero-order chi connectivity index (χ0) is 15.4. The minimum atomic E-state index is -0.503. The second kappa shape index (κ2) is 6.04. The van der Waals surface area contributed by atoms with E-state index in [1.807, 2.05) is 6.92 Å². The molecule has 0 unspecified atom stereocenters. The Balaban J connectivity index is 2.10. The van der Waals surface area contributed by atoms with Crippen LogP contribution >= 0.6 is 0 Å². The van der Waals surface area contributed by atoms with Crippen LogP contribution in [0.4, 0.5) is 11.4 Å². The summed E-state index contributed by atoms with van der Waals surface area (Å²) in [6.07, 6.45) is 2.85. The topological polar surface area (TPSA) is 85.4 Å². The van der Waals surface area contributed by atoms with E-state index in [2.05, 4.69) is 5.32 Å². The lowest BCUT2D eigenvalue weighted by Crippen LogP contribution is -2.09. The summed E-state index contributed by atoms with van der Waals surface area (Å²) in [5, 5.41) is 13.3. The van der Waals surface area contributed by atoms with Gasteiger partial charge in [-0.2, -0.15) is 0 Å². The standard InChI is InChI=1S/C15H14N2O4/c1-10-3-5-12(17(19)20)9-14(10)16-15(18)8-7-13-6-4-11(2)21-13/h3-9H,1-2H3,(H,16,18). The normalized spacial score (nSPS) is 10.8. The van der Waals surface area contributed by atoms with Crippen LogP contribution in [0.1, 0.15) is 17.1 Å². The van der Waals surface area contributed by atoms with Gasteiger partial charge in [0.1, 0.15) is 11.5 Å². The highest BCUT2D eigenvalue weighted by Gasteiger charge is 2.09. The predicted molar refractivity (Wildman–Crippen MR) is 78.9 cm³/mol. The number of nitro benzene ring substituents is 1. The van der Waals surface area contributed by atoms with Gasteiger partial charge >= 0.3 is 0 Å². The van der Waals surface area contributed by atoms with Gasteiger partial charge in [0.15, 0.2) is 0 Å². The molecule has 0 saturated carbocycles. The highest BCUT2D eigenvalue weighted by molar-refractivity contribution is 6.02. The largest absolute Gasteiger partial charge is 0.462 e. The number of hydrogen-bond acceptors (Lipinski definition) is 4. The van der Waals surface area contributed by atoms with Crippen molar-refractivity contribution in [1.29, 1.82) is 0 Å². The van der Waals surface area contributed by atoms with Gasteiger partial charge in [-0.15, -0.1) is 0 Å². The molecule has 1 amide bonds. The molecule has 0 bridgehead atoms. The molecule has 21 heavy (non-hydrogen) atoms. The maximum Gasteiger partial charge on any atom is 0.271 e. The third kappa shape index (κ3) is 3.79. The quantitative estimate of drug-likeness (QED) is 0.530. The number of anilines is 1. The first kappa shape index (κ1) is 14.5. The maximum atomic E-state index is 11.8. The summed E-state index contributed by atoms with van der Waals surface area (Å²) in [6.45, 7) is 3.57. The number of non-ortho nitro benzene ring substituents is 1. The molecule has 0 fully saturated rings. The van der Waals surface area contributed by atoms with Gasteiger partial charge < -0.3 is 9.73 Å². The second-order valence-electron chi connectivity index (χ2n) is 4.53. The molecule has 0 radical (unpaired) electrons. The van der Waals surface area contributed by atoms with E-state index in [4.69, 9.17) is 4.42 Å². The summed E-state index contributed by atoms with van der Waals surface area (Å²) in [7, 11) is 0. The highest BCUT2D eigenvalue weighted by Crippen LogP contribution is 2.21. The molecule has 2 aromatic rings. The van der Waals surface area contributed by atoms with Gasteiger partial charge in [0, 0.05) is 18.2 Å². The maximum absolute atomic E-state index is 11.8. The number of nitrogens with zero attached hydrogens (tertiary/aromatic N) is 1. The van der Waals surface area contributed by atoms with E-state index < -0.39 is 4.92 Å². The molecule has 108 valence electrons. The zero-order valence-electron chi connectivity index (χ0n) is 11.6. The van der Waals surface area contributed by atoms with Crippen molar-refractivity contribution < 1.29 is 14.1 Å². The van der Waals surface area contributed by atoms with Crippen LogP contribution in [0.5, 0.6) is 0 Å². The van der Waals surface area contributed by atoms with Gasteiger partial charge in [0.05, 0.1) is 10.6 Å². The predicted octanol–water partition coefficient (Wildman–Crippen LogP) is 3.46. The van der Waals surface area contributed by atoms with E-state index in [1.165, 1.54) is 24.3 Å². The van der Waals surface area contributed by atoms with Crippen molar-refractivity contribution in [2.45, 2.75) is 13.8 Å². The fourth-order valence-corrected chi connectivity index (χ4v) is 1.73. The van der Waals surface area contributed by atoms with Crippen LogP contribution in [0.15, 0.2) is 40.8 Å². The molecular weight excluding hydrogens is 272 g/mol. The Labute approximate surface area is 121 Å². The first-order valence-corrected chi connectivity index (χ1v) is 6.26. The van der Waals surface area contributed by atoms with Crippen molar-refractivity contribution in [2.24, 2.45) is 0 Å². The summed E-state index contributed by atoms with van der Waals surface area (Å²) in [4.78, 5) is 22.0. The Hall–Kier alpha value is -2.89. The molecule has 0 aliphatic heterocycles. The third-order valence-electron chi connectivity index (χ3n) is 2.85. The van der Waals surface area contributed by atoms with E-state index in [0.29, 0.717) is 11.4 Å². The van der Waals surface area contributed by atoms with E-state index in [-0.39, 0.29) is 11.6 Å². The smallest absolute Gasteiger partial charge is 0.271 e.